The van der Waals surface area contributed by atoms with Crippen molar-refractivity contribution in [2.45, 2.75) is 25.7 Å². The molecule has 0 unspecified atom stereocenters. The van der Waals surface area contributed by atoms with E-state index in [1.165, 1.54) is 44.9 Å². The third-order valence-corrected chi connectivity index (χ3v) is 4.79. The molecule has 0 saturated heterocycles. The van der Waals surface area contributed by atoms with Crippen LogP contribution in [0.1, 0.15) is 44.7 Å². The fourth-order valence-electron chi connectivity index (χ4n) is 3.33. The molecule has 2 aromatic rings. The maximum absolute atomic E-state index is 12.8. The molecule has 0 saturated carbocycles. The van der Waals surface area contributed by atoms with E-state index in [9.17, 15) is 9.59 Å². The van der Waals surface area contributed by atoms with Crippen molar-refractivity contribution in [1.29, 1.82) is 0 Å². The maximum atomic E-state index is 12.8. The summed E-state index contributed by atoms with van der Waals surface area (Å²) >= 11 is 0. The summed E-state index contributed by atoms with van der Waals surface area (Å²) in [5.41, 5.74) is 3.58. The van der Waals surface area contributed by atoms with Gasteiger partial charge in [0.15, 0.2) is 11.5 Å². The zero-order valence-electron chi connectivity index (χ0n) is 15.8. The molecular weight excluding hydrogens is 346 g/mol. The van der Waals surface area contributed by atoms with Crippen molar-refractivity contribution in [2.24, 2.45) is 0 Å². The smallest absolute Gasteiger partial charge is 0.340 e. The zero-order valence-corrected chi connectivity index (χ0v) is 15.8. The summed E-state index contributed by atoms with van der Waals surface area (Å²) in [7, 11) is 4.25. The van der Waals surface area contributed by atoms with Crippen LogP contribution in [0.5, 0.6) is 11.5 Å². The number of anilines is 1. The summed E-state index contributed by atoms with van der Waals surface area (Å²) < 4.78 is 15.3. The Balaban J connectivity index is 1.93. The molecule has 0 heterocycles. The van der Waals surface area contributed by atoms with Crippen LogP contribution in [0.3, 0.4) is 0 Å². The predicted octanol–water partition coefficient (Wildman–Crippen LogP) is 3.62. The number of hydrogen-bond donors (Lipinski definition) is 1. The number of nitrogens with one attached hydrogen (secondary N) is 1. The van der Waals surface area contributed by atoms with Crippen molar-refractivity contribution in [3.05, 3.63) is 52.6 Å². The Morgan fingerprint density at radius 3 is 2.22 bits per heavy atom. The Hall–Kier alpha value is -3.02. The average Bonchev–Trinajstić information content (AvgIpc) is 2.72. The molecule has 6 nitrogen and oxygen atoms in total. The molecule has 0 atom stereocenters. The van der Waals surface area contributed by atoms with Gasteiger partial charge in [-0.25, -0.2) is 4.79 Å². The zero-order chi connectivity index (χ0) is 19.4. The van der Waals surface area contributed by atoms with Crippen LogP contribution in [-0.2, 0) is 17.6 Å². The summed E-state index contributed by atoms with van der Waals surface area (Å²) in [6.45, 7) is 0. The lowest BCUT2D eigenvalue weighted by molar-refractivity contribution is 0.0601. The Labute approximate surface area is 158 Å². The van der Waals surface area contributed by atoms with E-state index in [2.05, 4.69) is 5.32 Å². The van der Waals surface area contributed by atoms with Crippen LogP contribution >= 0.6 is 0 Å². The van der Waals surface area contributed by atoms with E-state index in [4.69, 9.17) is 14.2 Å². The van der Waals surface area contributed by atoms with Crippen LogP contribution in [0.25, 0.3) is 0 Å². The second-order valence-electron chi connectivity index (χ2n) is 6.39. The van der Waals surface area contributed by atoms with Crippen molar-refractivity contribution in [3.8, 4) is 11.5 Å². The number of hydrogen-bond acceptors (Lipinski definition) is 5. The van der Waals surface area contributed by atoms with E-state index >= 15 is 0 Å². The quantitative estimate of drug-likeness (QED) is 0.815. The molecule has 3 rings (SSSR count). The molecule has 27 heavy (non-hydrogen) atoms. The highest BCUT2D eigenvalue weighted by Gasteiger charge is 2.20. The topological polar surface area (TPSA) is 73.9 Å². The molecule has 1 aliphatic rings. The molecule has 6 heteroatoms. The molecule has 0 fully saturated rings. The largest absolute Gasteiger partial charge is 0.493 e. The van der Waals surface area contributed by atoms with Gasteiger partial charge in [-0.15, -0.1) is 0 Å². The van der Waals surface area contributed by atoms with Gasteiger partial charge in [-0.3, -0.25) is 4.79 Å². The number of fused-ring (bicyclic) bond motifs is 1. The van der Waals surface area contributed by atoms with Gasteiger partial charge in [0, 0.05) is 17.7 Å². The molecule has 0 spiro atoms. The number of aryl methyl sites for hydroxylation is 2. The van der Waals surface area contributed by atoms with Crippen molar-refractivity contribution in [2.75, 3.05) is 26.6 Å². The van der Waals surface area contributed by atoms with E-state index in [1.54, 1.807) is 6.07 Å². The number of esters is 1. The van der Waals surface area contributed by atoms with Gasteiger partial charge < -0.3 is 19.5 Å². The number of methoxy groups -OCH3 is 3. The molecule has 0 aliphatic heterocycles. The fraction of sp³-hybridized carbons (Fsp3) is 0.333. The third kappa shape index (κ3) is 3.89. The minimum absolute atomic E-state index is 0.196. The SMILES string of the molecule is COC(=O)c1cc(OC)c(OC)cc1NC(=O)c1ccc2c(c1)CCCC2. The van der Waals surface area contributed by atoms with Crippen LogP contribution in [0.15, 0.2) is 30.3 Å². The molecule has 0 radical (unpaired) electrons. The third-order valence-electron chi connectivity index (χ3n) is 4.79. The standard InChI is InChI=1S/C21H23NO5/c1-25-18-11-16(21(24)27-3)17(12-19(18)26-2)22-20(23)15-9-8-13-6-4-5-7-14(13)10-15/h8-12H,4-7H2,1-3H3,(H,22,23). The lowest BCUT2D eigenvalue weighted by Crippen LogP contribution is -2.17. The van der Waals surface area contributed by atoms with Crippen molar-refractivity contribution >= 4 is 17.6 Å². The average molecular weight is 369 g/mol. The normalized spacial score (nSPS) is 12.7. The van der Waals surface area contributed by atoms with Gasteiger partial charge in [0.25, 0.3) is 5.91 Å². The number of carbonyl (C=O) groups is 2. The molecule has 1 aliphatic carbocycles. The summed E-state index contributed by atoms with van der Waals surface area (Å²) in [5.74, 6) is -0.0759. The van der Waals surface area contributed by atoms with Crippen LogP contribution < -0.4 is 14.8 Å². The van der Waals surface area contributed by atoms with E-state index in [1.807, 2.05) is 18.2 Å². The summed E-state index contributed by atoms with van der Waals surface area (Å²) in [5, 5.41) is 2.80. The van der Waals surface area contributed by atoms with E-state index in [0.717, 1.165) is 19.3 Å². The number of benzene rings is 2. The molecular formula is C21H23NO5. The first-order chi connectivity index (χ1) is 13.1. The van der Waals surface area contributed by atoms with Gasteiger partial charge in [-0.2, -0.15) is 0 Å². The lowest BCUT2D eigenvalue weighted by Gasteiger charge is -2.17. The van der Waals surface area contributed by atoms with Crippen LogP contribution in [-0.4, -0.2) is 33.2 Å². The second-order valence-corrected chi connectivity index (χ2v) is 6.39. The maximum Gasteiger partial charge on any atom is 0.340 e. The van der Waals surface area contributed by atoms with Gasteiger partial charge in [0.05, 0.1) is 32.6 Å². The van der Waals surface area contributed by atoms with Crippen molar-refractivity contribution in [3.63, 3.8) is 0 Å². The van der Waals surface area contributed by atoms with Gasteiger partial charge in [-0.05, 0) is 48.9 Å². The fourth-order valence-corrected chi connectivity index (χ4v) is 3.33. The van der Waals surface area contributed by atoms with Gasteiger partial charge in [-0.1, -0.05) is 6.07 Å². The van der Waals surface area contributed by atoms with Crippen molar-refractivity contribution in [1.82, 2.24) is 0 Å². The van der Waals surface area contributed by atoms with E-state index in [0.29, 0.717) is 22.7 Å². The molecule has 0 bridgehead atoms. The number of ether oxygens (including phenoxy) is 3. The Bertz CT molecular complexity index is 875. The highest BCUT2D eigenvalue weighted by molar-refractivity contribution is 6.08. The van der Waals surface area contributed by atoms with Crippen LogP contribution in [0, 0.1) is 0 Å². The van der Waals surface area contributed by atoms with Gasteiger partial charge >= 0.3 is 5.97 Å². The number of amides is 1. The van der Waals surface area contributed by atoms with Crippen LogP contribution in [0.2, 0.25) is 0 Å². The Morgan fingerprint density at radius 1 is 0.889 bits per heavy atom. The number of rotatable bonds is 5. The molecule has 2 aromatic carbocycles. The van der Waals surface area contributed by atoms with Crippen molar-refractivity contribution < 1.29 is 23.8 Å². The summed E-state index contributed by atoms with van der Waals surface area (Å²) in [6, 6.07) is 8.81. The van der Waals surface area contributed by atoms with E-state index in [-0.39, 0.29) is 11.5 Å². The van der Waals surface area contributed by atoms with Crippen LogP contribution in [0.4, 0.5) is 5.69 Å². The molecule has 142 valence electrons. The van der Waals surface area contributed by atoms with Gasteiger partial charge in [0.2, 0.25) is 0 Å². The summed E-state index contributed by atoms with van der Waals surface area (Å²) in [6.07, 6.45) is 4.37. The second kappa shape index (κ2) is 8.12. The summed E-state index contributed by atoms with van der Waals surface area (Å²) in [4.78, 5) is 24.9. The monoisotopic (exact) mass is 369 g/mol. The Morgan fingerprint density at radius 2 is 1.56 bits per heavy atom. The first kappa shape index (κ1) is 18.8. The first-order valence-corrected chi connectivity index (χ1v) is 8.85. The van der Waals surface area contributed by atoms with Gasteiger partial charge in [0.1, 0.15) is 0 Å². The molecule has 0 aromatic heterocycles. The minimum atomic E-state index is -0.573. The predicted molar refractivity (Wildman–Crippen MR) is 102 cm³/mol. The lowest BCUT2D eigenvalue weighted by atomic mass is 9.90. The minimum Gasteiger partial charge on any atom is -0.493 e. The highest BCUT2D eigenvalue weighted by Crippen LogP contribution is 2.34. The highest BCUT2D eigenvalue weighted by atomic mass is 16.5. The molecule has 1 amide bonds. The Kier molecular flexibility index (Phi) is 5.64. The first-order valence-electron chi connectivity index (χ1n) is 8.85. The number of carbonyl (C=O) groups excluding carboxylic acids is 2. The molecule has 1 N–H and O–H groups in total. The van der Waals surface area contributed by atoms with E-state index < -0.39 is 5.97 Å².